The highest BCUT2D eigenvalue weighted by atomic mass is 16.5. The minimum absolute atomic E-state index is 0.108. The number of likely N-dealkylation sites (tertiary alicyclic amines) is 2. The van der Waals surface area contributed by atoms with Crippen LogP contribution in [0.1, 0.15) is 76.1 Å². The number of aromatic nitrogens is 6. The van der Waals surface area contributed by atoms with Gasteiger partial charge in [-0.25, -0.2) is 19.6 Å². The number of fused-ring (bicyclic) bond motifs is 1. The maximum absolute atomic E-state index is 13.3. The fraction of sp³-hybridized carbons (Fsp3) is 0.425. The molecule has 16 nitrogen and oxygen atoms in total. The monoisotopic (exact) mass is 764 g/mol. The van der Waals surface area contributed by atoms with Crippen LogP contribution in [0.5, 0.6) is 0 Å². The number of carbonyl (C=O) groups is 3. The van der Waals surface area contributed by atoms with Crippen molar-refractivity contribution in [2.75, 3.05) is 27.3 Å². The Labute approximate surface area is 324 Å². The third-order valence-corrected chi connectivity index (χ3v) is 10.8. The average Bonchev–Trinajstić information content (AvgIpc) is 4.08. The van der Waals surface area contributed by atoms with Gasteiger partial charge in [0.2, 0.25) is 5.91 Å². The number of hydrogen-bond donors (Lipinski definition) is 5. The molecule has 294 valence electrons. The number of nitrogens with one attached hydrogen (secondary N) is 4. The van der Waals surface area contributed by atoms with Gasteiger partial charge in [0.25, 0.3) is 0 Å². The van der Waals surface area contributed by atoms with E-state index in [0.717, 1.165) is 76.2 Å². The highest BCUT2D eigenvalue weighted by molar-refractivity contribution is 5.86. The van der Waals surface area contributed by atoms with Crippen LogP contribution < -0.4 is 10.6 Å². The quantitative estimate of drug-likeness (QED) is 0.108. The van der Waals surface area contributed by atoms with Crippen LogP contribution in [0.2, 0.25) is 0 Å². The summed E-state index contributed by atoms with van der Waals surface area (Å²) in [6.07, 6.45) is 9.46. The second kappa shape index (κ2) is 16.9. The van der Waals surface area contributed by atoms with Crippen molar-refractivity contribution in [2.45, 2.75) is 82.8 Å². The predicted octanol–water partition coefficient (Wildman–Crippen LogP) is 5.47. The third-order valence-electron chi connectivity index (χ3n) is 10.8. The lowest BCUT2D eigenvalue weighted by Crippen LogP contribution is -2.51. The molecule has 1 aromatic carbocycles. The SMILES string of the molecule is CCC(NC(=O)OC)C(=O)N1CCCC1c1ncc(-c2cnc3cc(-c4ccc(-c5cnc(C6CCCN6C(O)C(CC)NC(=O)OC)[nH]5)cc4)cnc3c2)[nH]1. The van der Waals surface area contributed by atoms with Crippen LogP contribution >= 0.6 is 0 Å². The first-order chi connectivity index (χ1) is 27.2. The lowest BCUT2D eigenvalue weighted by molar-refractivity contribution is -0.134. The minimum Gasteiger partial charge on any atom is -0.453 e. The topological polar surface area (TPSA) is 204 Å². The van der Waals surface area contributed by atoms with Crippen molar-refractivity contribution in [1.82, 2.24) is 50.3 Å². The van der Waals surface area contributed by atoms with Gasteiger partial charge in [-0.05, 0) is 61.8 Å². The number of pyridine rings is 2. The van der Waals surface area contributed by atoms with Crippen molar-refractivity contribution in [3.05, 3.63) is 72.8 Å². The van der Waals surface area contributed by atoms with Crippen LogP contribution in [0.3, 0.4) is 0 Å². The molecule has 16 heteroatoms. The lowest BCUT2D eigenvalue weighted by atomic mass is 10.0. The molecule has 5 unspecified atom stereocenters. The summed E-state index contributed by atoms with van der Waals surface area (Å²) < 4.78 is 9.45. The molecule has 2 aliphatic rings. The molecule has 5 aromatic rings. The number of rotatable bonds is 12. The Hall–Kier alpha value is -5.87. The fourth-order valence-electron chi connectivity index (χ4n) is 7.74. The molecule has 6 heterocycles. The van der Waals surface area contributed by atoms with E-state index < -0.39 is 30.5 Å². The number of aliphatic hydroxyl groups is 1. The Morgan fingerprint density at radius 3 is 1.98 bits per heavy atom. The summed E-state index contributed by atoms with van der Waals surface area (Å²) in [5, 5.41) is 16.5. The largest absolute Gasteiger partial charge is 0.453 e. The van der Waals surface area contributed by atoms with Gasteiger partial charge in [0.1, 0.15) is 23.9 Å². The number of benzene rings is 1. The fourth-order valence-corrected chi connectivity index (χ4v) is 7.74. The molecule has 56 heavy (non-hydrogen) atoms. The Balaban J connectivity index is 1.02. The molecule has 2 saturated heterocycles. The first-order valence-electron chi connectivity index (χ1n) is 19.1. The highest BCUT2D eigenvalue weighted by Gasteiger charge is 2.37. The van der Waals surface area contributed by atoms with E-state index >= 15 is 0 Å². The zero-order valence-corrected chi connectivity index (χ0v) is 32.0. The van der Waals surface area contributed by atoms with Crippen LogP contribution in [0, 0.1) is 0 Å². The summed E-state index contributed by atoms with van der Waals surface area (Å²) in [4.78, 5) is 66.4. The van der Waals surface area contributed by atoms with E-state index in [9.17, 15) is 19.5 Å². The molecule has 2 fully saturated rings. The van der Waals surface area contributed by atoms with Gasteiger partial charge < -0.3 is 40.1 Å². The Morgan fingerprint density at radius 1 is 0.750 bits per heavy atom. The molecule has 0 bridgehead atoms. The van der Waals surface area contributed by atoms with E-state index in [-0.39, 0.29) is 18.0 Å². The van der Waals surface area contributed by atoms with Gasteiger partial charge in [-0.15, -0.1) is 0 Å². The van der Waals surface area contributed by atoms with E-state index in [2.05, 4.69) is 30.6 Å². The van der Waals surface area contributed by atoms with Crippen LogP contribution in [0.4, 0.5) is 9.59 Å². The molecule has 0 radical (unpaired) electrons. The Bertz CT molecular complexity index is 2170. The first kappa shape index (κ1) is 38.4. The Kier molecular flexibility index (Phi) is 11.6. The average molecular weight is 765 g/mol. The summed E-state index contributed by atoms with van der Waals surface area (Å²) in [7, 11) is 2.59. The normalized spacial score (nSPS) is 18.8. The van der Waals surface area contributed by atoms with E-state index in [1.165, 1.54) is 14.2 Å². The van der Waals surface area contributed by atoms with Gasteiger partial charge >= 0.3 is 12.2 Å². The summed E-state index contributed by atoms with van der Waals surface area (Å²) in [5.74, 6) is 1.30. The predicted molar refractivity (Wildman–Crippen MR) is 208 cm³/mol. The van der Waals surface area contributed by atoms with Gasteiger partial charge in [-0.3, -0.25) is 19.7 Å². The standard InChI is InChI=1S/C40H48N10O6/c1-5-27(47-39(53)55-3)37(51)49-15-7-9-33(49)35-43-21-31(45-35)24-13-11-23(12-14-24)25-17-29-30(41-19-25)18-26(20-42-29)32-22-44-36(46-32)34-10-8-16-50(34)38(52)28(6-2)48-40(54)56-4/h11-14,17-22,27-28,33-34,37,51H,5-10,15-16H2,1-4H3,(H,43,45)(H,44,46)(H,47,53)(H,48,54). The molecule has 0 spiro atoms. The van der Waals surface area contributed by atoms with Crippen LogP contribution in [-0.2, 0) is 14.3 Å². The maximum Gasteiger partial charge on any atom is 0.407 e. The van der Waals surface area contributed by atoms with Gasteiger partial charge in [0, 0.05) is 36.6 Å². The third kappa shape index (κ3) is 7.93. The summed E-state index contributed by atoms with van der Waals surface area (Å²) >= 11 is 0. The zero-order valence-electron chi connectivity index (χ0n) is 32.0. The highest BCUT2D eigenvalue weighted by Crippen LogP contribution is 2.35. The van der Waals surface area contributed by atoms with Crippen LogP contribution in [0.15, 0.2) is 61.2 Å². The molecule has 0 aliphatic carbocycles. The molecule has 2 aliphatic heterocycles. The Morgan fingerprint density at radius 2 is 1.32 bits per heavy atom. The number of methoxy groups -OCH3 is 2. The maximum atomic E-state index is 13.3. The van der Waals surface area contributed by atoms with Gasteiger partial charge in [0.05, 0.1) is 67.2 Å². The number of imidazole rings is 2. The smallest absolute Gasteiger partial charge is 0.407 e. The second-order valence-electron chi connectivity index (χ2n) is 14.2. The molecule has 3 amide bonds. The number of amides is 3. The molecular weight excluding hydrogens is 717 g/mol. The number of aromatic amines is 2. The minimum atomic E-state index is -0.875. The molecule has 0 saturated carbocycles. The van der Waals surface area contributed by atoms with E-state index in [1.54, 1.807) is 17.3 Å². The first-order valence-corrected chi connectivity index (χ1v) is 19.1. The van der Waals surface area contributed by atoms with E-state index in [4.69, 9.17) is 19.4 Å². The number of nitrogens with zero attached hydrogens (tertiary/aromatic N) is 6. The molecule has 5 atom stereocenters. The van der Waals surface area contributed by atoms with Crippen molar-refractivity contribution in [3.63, 3.8) is 0 Å². The second-order valence-corrected chi connectivity index (χ2v) is 14.2. The number of ether oxygens (including phenoxy) is 2. The lowest BCUT2D eigenvalue weighted by Gasteiger charge is -2.33. The van der Waals surface area contributed by atoms with E-state index in [1.807, 2.05) is 67.5 Å². The van der Waals surface area contributed by atoms with Crippen molar-refractivity contribution in [2.24, 2.45) is 0 Å². The number of carbonyl (C=O) groups excluding carboxylic acids is 3. The molecule has 4 aromatic heterocycles. The summed E-state index contributed by atoms with van der Waals surface area (Å²) in [6, 6.07) is 10.7. The van der Waals surface area contributed by atoms with Crippen molar-refractivity contribution < 1.29 is 29.0 Å². The number of hydrogen-bond acceptors (Lipinski definition) is 11. The number of aliphatic hydroxyl groups excluding tert-OH is 1. The van der Waals surface area contributed by atoms with Gasteiger partial charge in [-0.2, -0.15) is 0 Å². The van der Waals surface area contributed by atoms with Crippen molar-refractivity contribution >= 4 is 29.1 Å². The van der Waals surface area contributed by atoms with Crippen LogP contribution in [0.25, 0.3) is 44.7 Å². The van der Waals surface area contributed by atoms with E-state index in [0.29, 0.717) is 31.8 Å². The summed E-state index contributed by atoms with van der Waals surface area (Å²) in [5.41, 5.74) is 6.84. The molecular formula is C40H48N10O6. The van der Waals surface area contributed by atoms with Crippen molar-refractivity contribution in [1.29, 1.82) is 0 Å². The summed E-state index contributed by atoms with van der Waals surface area (Å²) in [6.45, 7) is 5.04. The number of alkyl carbamates (subject to hydrolysis) is 2. The number of H-pyrrole nitrogens is 2. The van der Waals surface area contributed by atoms with Gasteiger partial charge in [0.15, 0.2) is 0 Å². The van der Waals surface area contributed by atoms with Crippen molar-refractivity contribution in [3.8, 4) is 33.6 Å². The molecule has 5 N–H and O–H groups in total. The van der Waals surface area contributed by atoms with Gasteiger partial charge in [-0.1, -0.05) is 38.1 Å². The molecule has 7 rings (SSSR count). The van der Waals surface area contributed by atoms with Crippen LogP contribution in [-0.4, -0.2) is 109 Å². The zero-order chi connectivity index (χ0) is 39.3.